The van der Waals surface area contributed by atoms with E-state index >= 15 is 0 Å². The molecular weight excluding hydrogens is 482 g/mol. The van der Waals surface area contributed by atoms with Crippen molar-refractivity contribution in [1.82, 2.24) is 20.3 Å². The van der Waals surface area contributed by atoms with Crippen molar-refractivity contribution in [2.75, 3.05) is 11.9 Å². The molecule has 0 aliphatic rings. The lowest BCUT2D eigenvalue weighted by molar-refractivity contribution is -0.116. The number of halogens is 1. The summed E-state index contributed by atoms with van der Waals surface area (Å²) in [6.07, 6.45) is 3.11. The van der Waals surface area contributed by atoms with Crippen molar-refractivity contribution in [2.24, 2.45) is 0 Å². The predicted molar refractivity (Wildman–Crippen MR) is 123 cm³/mol. The summed E-state index contributed by atoms with van der Waals surface area (Å²) in [5, 5.41) is 8.63. The molecule has 2 amide bonds. The molecule has 4 aromatic rings. The van der Waals surface area contributed by atoms with Gasteiger partial charge < -0.3 is 20.4 Å². The number of carbonyl (C=O) groups excluding carboxylic acids is 2. The number of hydrogen-bond acceptors (Lipinski definition) is 6. The quantitative estimate of drug-likeness (QED) is 0.341. The van der Waals surface area contributed by atoms with Crippen LogP contribution in [0.25, 0.3) is 22.3 Å². The maximum absolute atomic E-state index is 12.2. The molecule has 3 N–H and O–H groups in total. The van der Waals surface area contributed by atoms with Crippen LogP contribution in [0.3, 0.4) is 0 Å². The lowest BCUT2D eigenvalue weighted by Gasteiger charge is -2.07. The standard InChI is InChI=1S/C21H18BrN5O3S/c22-14-8-15-16(10-25-19(15)24-9-14)17-12-31-20(26-17)27-18(28)6-7-23-21(29)30-11-13-4-2-1-3-5-13/h1-5,8-10,12H,6-7,11H2,(H,23,29)(H,24,25)(H,26,27,28). The van der Waals surface area contributed by atoms with E-state index in [9.17, 15) is 9.59 Å². The van der Waals surface area contributed by atoms with Gasteiger partial charge in [0, 0.05) is 46.2 Å². The summed E-state index contributed by atoms with van der Waals surface area (Å²) in [6, 6.07) is 11.3. The minimum atomic E-state index is -0.563. The van der Waals surface area contributed by atoms with Gasteiger partial charge in [0.15, 0.2) is 5.13 Å². The third-order valence-electron chi connectivity index (χ3n) is 4.36. The van der Waals surface area contributed by atoms with Crippen molar-refractivity contribution < 1.29 is 14.3 Å². The number of thiazole rings is 1. The summed E-state index contributed by atoms with van der Waals surface area (Å²) >= 11 is 4.76. The number of benzene rings is 1. The van der Waals surface area contributed by atoms with Crippen molar-refractivity contribution in [1.29, 1.82) is 0 Å². The number of aromatic nitrogens is 3. The minimum Gasteiger partial charge on any atom is -0.445 e. The molecule has 4 rings (SSSR count). The Bertz CT molecular complexity index is 1210. The maximum atomic E-state index is 12.2. The molecule has 0 spiro atoms. The average Bonchev–Trinajstić information content (AvgIpc) is 3.39. The lowest BCUT2D eigenvalue weighted by atomic mass is 10.2. The largest absolute Gasteiger partial charge is 0.445 e. The van der Waals surface area contributed by atoms with Gasteiger partial charge in [-0.15, -0.1) is 11.3 Å². The van der Waals surface area contributed by atoms with Crippen LogP contribution in [0.1, 0.15) is 12.0 Å². The van der Waals surface area contributed by atoms with Crippen molar-refractivity contribution >= 4 is 55.4 Å². The molecule has 1 aromatic carbocycles. The number of carbonyl (C=O) groups is 2. The first-order valence-electron chi connectivity index (χ1n) is 9.41. The Morgan fingerprint density at radius 1 is 1.23 bits per heavy atom. The Balaban J connectivity index is 1.25. The molecule has 158 valence electrons. The maximum Gasteiger partial charge on any atom is 0.407 e. The Morgan fingerprint density at radius 2 is 2.06 bits per heavy atom. The molecule has 0 aliphatic carbocycles. The molecule has 0 unspecified atom stereocenters. The summed E-state index contributed by atoms with van der Waals surface area (Å²) in [4.78, 5) is 35.8. The van der Waals surface area contributed by atoms with Crippen LogP contribution >= 0.6 is 27.3 Å². The number of nitrogens with one attached hydrogen (secondary N) is 3. The summed E-state index contributed by atoms with van der Waals surface area (Å²) in [5.74, 6) is -0.243. The number of aromatic amines is 1. The number of pyridine rings is 1. The molecule has 31 heavy (non-hydrogen) atoms. The molecular formula is C21H18BrN5O3S. The summed E-state index contributed by atoms with van der Waals surface area (Å²) in [5.41, 5.74) is 3.31. The number of amides is 2. The van der Waals surface area contributed by atoms with Gasteiger partial charge in [-0.1, -0.05) is 30.3 Å². The highest BCUT2D eigenvalue weighted by Gasteiger charge is 2.13. The van der Waals surface area contributed by atoms with E-state index in [1.807, 2.05) is 48.0 Å². The second kappa shape index (κ2) is 9.71. The molecule has 0 fully saturated rings. The van der Waals surface area contributed by atoms with Crippen LogP contribution < -0.4 is 10.6 Å². The molecule has 0 atom stereocenters. The molecule has 0 radical (unpaired) electrons. The molecule has 0 aliphatic heterocycles. The summed E-state index contributed by atoms with van der Waals surface area (Å²) < 4.78 is 5.99. The highest BCUT2D eigenvalue weighted by molar-refractivity contribution is 9.10. The molecule has 0 saturated carbocycles. The summed E-state index contributed by atoms with van der Waals surface area (Å²) in [7, 11) is 0. The molecule has 0 saturated heterocycles. The first kappa shape index (κ1) is 21.0. The van der Waals surface area contributed by atoms with E-state index in [0.717, 1.165) is 32.3 Å². The first-order valence-corrected chi connectivity index (χ1v) is 11.1. The summed E-state index contributed by atoms with van der Waals surface area (Å²) in [6.45, 7) is 0.348. The van der Waals surface area contributed by atoms with Crippen LogP contribution in [0.4, 0.5) is 9.93 Å². The van der Waals surface area contributed by atoms with E-state index in [-0.39, 0.29) is 25.5 Å². The SMILES string of the molecule is O=C(CCNC(=O)OCc1ccccc1)Nc1nc(-c2c[nH]c3ncc(Br)cc23)cs1. The number of fused-ring (bicyclic) bond motifs is 1. The smallest absolute Gasteiger partial charge is 0.407 e. The second-order valence-electron chi connectivity index (χ2n) is 6.58. The van der Waals surface area contributed by atoms with Crippen LogP contribution in [0, 0.1) is 0 Å². The monoisotopic (exact) mass is 499 g/mol. The Hall–Kier alpha value is -3.24. The zero-order chi connectivity index (χ0) is 21.6. The Labute approximate surface area is 190 Å². The van der Waals surface area contributed by atoms with Gasteiger partial charge in [0.2, 0.25) is 5.91 Å². The fourth-order valence-electron chi connectivity index (χ4n) is 2.88. The average molecular weight is 500 g/mol. The third-order valence-corrected chi connectivity index (χ3v) is 5.55. The van der Waals surface area contributed by atoms with Gasteiger partial charge in [-0.05, 0) is 27.6 Å². The molecule has 3 heterocycles. The normalized spacial score (nSPS) is 10.7. The van der Waals surface area contributed by atoms with Crippen molar-refractivity contribution in [3.05, 3.63) is 64.2 Å². The van der Waals surface area contributed by atoms with Crippen LogP contribution in [0.15, 0.2) is 58.6 Å². The molecule has 0 bridgehead atoms. The van der Waals surface area contributed by atoms with Crippen molar-refractivity contribution in [2.45, 2.75) is 13.0 Å². The van der Waals surface area contributed by atoms with E-state index in [4.69, 9.17) is 4.74 Å². The number of nitrogens with zero attached hydrogens (tertiary/aromatic N) is 2. The fourth-order valence-corrected chi connectivity index (χ4v) is 3.94. The Kier molecular flexibility index (Phi) is 6.58. The minimum absolute atomic E-state index is 0.110. The third kappa shape index (κ3) is 5.47. The number of ether oxygens (including phenoxy) is 1. The van der Waals surface area contributed by atoms with E-state index in [2.05, 4.69) is 41.5 Å². The van der Waals surface area contributed by atoms with Crippen LogP contribution in [-0.2, 0) is 16.1 Å². The van der Waals surface area contributed by atoms with E-state index < -0.39 is 6.09 Å². The Morgan fingerprint density at radius 3 is 2.90 bits per heavy atom. The highest BCUT2D eigenvalue weighted by atomic mass is 79.9. The fraction of sp³-hybridized carbons (Fsp3) is 0.143. The number of anilines is 1. The molecule has 10 heteroatoms. The van der Waals surface area contributed by atoms with Crippen molar-refractivity contribution in [3.63, 3.8) is 0 Å². The van der Waals surface area contributed by atoms with Crippen molar-refractivity contribution in [3.8, 4) is 11.3 Å². The lowest BCUT2D eigenvalue weighted by Crippen LogP contribution is -2.28. The van der Waals surface area contributed by atoms with Crippen LogP contribution in [0.2, 0.25) is 0 Å². The number of hydrogen-bond donors (Lipinski definition) is 3. The number of rotatable bonds is 7. The zero-order valence-electron chi connectivity index (χ0n) is 16.2. The van der Waals surface area contributed by atoms with E-state index in [1.165, 1.54) is 11.3 Å². The van der Waals surface area contributed by atoms with Crippen LogP contribution in [-0.4, -0.2) is 33.5 Å². The second-order valence-corrected chi connectivity index (χ2v) is 8.35. The van der Waals surface area contributed by atoms with Gasteiger partial charge in [0.05, 0.1) is 5.69 Å². The topological polar surface area (TPSA) is 109 Å². The highest BCUT2D eigenvalue weighted by Crippen LogP contribution is 2.31. The number of H-pyrrole nitrogens is 1. The van der Waals surface area contributed by atoms with Gasteiger partial charge in [0.1, 0.15) is 12.3 Å². The first-order chi connectivity index (χ1) is 15.1. The van der Waals surface area contributed by atoms with Gasteiger partial charge in [-0.2, -0.15) is 0 Å². The predicted octanol–water partition coefficient (Wildman–Crippen LogP) is 4.70. The van der Waals surface area contributed by atoms with Crippen LogP contribution in [0.5, 0.6) is 0 Å². The van der Waals surface area contributed by atoms with Gasteiger partial charge in [0.25, 0.3) is 0 Å². The van der Waals surface area contributed by atoms with Gasteiger partial charge in [-0.3, -0.25) is 4.79 Å². The van der Waals surface area contributed by atoms with Gasteiger partial charge >= 0.3 is 6.09 Å². The number of alkyl carbamates (subject to hydrolysis) is 1. The van der Waals surface area contributed by atoms with E-state index in [0.29, 0.717) is 5.13 Å². The van der Waals surface area contributed by atoms with Gasteiger partial charge in [-0.25, -0.2) is 14.8 Å². The van der Waals surface area contributed by atoms with E-state index in [1.54, 1.807) is 6.20 Å². The zero-order valence-corrected chi connectivity index (χ0v) is 18.6. The molecule has 3 aromatic heterocycles. The molecule has 8 nitrogen and oxygen atoms in total.